The predicted molar refractivity (Wildman–Crippen MR) is 87.7 cm³/mol. The van der Waals surface area contributed by atoms with Crippen LogP contribution in [0.2, 0.25) is 0 Å². The molecule has 0 unspecified atom stereocenters. The van der Waals surface area contributed by atoms with Crippen molar-refractivity contribution in [1.29, 1.82) is 0 Å². The number of hydrogen-bond acceptors (Lipinski definition) is 5. The highest BCUT2D eigenvalue weighted by molar-refractivity contribution is 5.92. The number of carbonyl (C=O) groups excluding carboxylic acids is 1. The highest BCUT2D eigenvalue weighted by Gasteiger charge is 2.23. The van der Waals surface area contributed by atoms with Gasteiger partial charge in [-0.3, -0.25) is 4.79 Å². The standard InChI is InChI=1S/C17H19FN4O2/c1-2-24-16-8-7-15(19-20-16)17(23)22-11-9-21(10-12-22)14-5-3-13(18)4-6-14/h3-8H,2,9-12H2,1H3. The van der Waals surface area contributed by atoms with Crippen LogP contribution in [-0.2, 0) is 0 Å². The zero-order valence-electron chi connectivity index (χ0n) is 13.5. The number of carbonyl (C=O) groups is 1. The summed E-state index contributed by atoms with van der Waals surface area (Å²) in [5, 5.41) is 7.83. The van der Waals surface area contributed by atoms with Crippen LogP contribution < -0.4 is 9.64 Å². The Morgan fingerprint density at radius 3 is 2.38 bits per heavy atom. The Kier molecular flexibility index (Phi) is 4.88. The molecule has 1 aromatic heterocycles. The Balaban J connectivity index is 1.59. The van der Waals surface area contributed by atoms with Crippen LogP contribution in [0.25, 0.3) is 0 Å². The number of piperazine rings is 1. The number of ether oxygens (including phenoxy) is 1. The Hall–Kier alpha value is -2.70. The predicted octanol–water partition coefficient (Wildman–Crippen LogP) is 1.98. The second-order valence-electron chi connectivity index (χ2n) is 5.45. The first-order valence-electron chi connectivity index (χ1n) is 7.93. The summed E-state index contributed by atoms with van der Waals surface area (Å²) in [6.07, 6.45) is 0. The molecule has 1 aromatic carbocycles. The molecule has 24 heavy (non-hydrogen) atoms. The lowest BCUT2D eigenvalue weighted by molar-refractivity contribution is 0.0739. The van der Waals surface area contributed by atoms with Crippen LogP contribution >= 0.6 is 0 Å². The highest BCUT2D eigenvalue weighted by Crippen LogP contribution is 2.17. The van der Waals surface area contributed by atoms with Crippen molar-refractivity contribution in [2.45, 2.75) is 6.92 Å². The van der Waals surface area contributed by atoms with Crippen molar-refractivity contribution in [3.8, 4) is 5.88 Å². The average Bonchev–Trinajstić information content (AvgIpc) is 2.63. The van der Waals surface area contributed by atoms with E-state index in [4.69, 9.17) is 4.74 Å². The number of aromatic nitrogens is 2. The molecule has 0 aliphatic carbocycles. The molecule has 7 heteroatoms. The van der Waals surface area contributed by atoms with Crippen molar-refractivity contribution < 1.29 is 13.9 Å². The molecule has 0 atom stereocenters. The Labute approximate surface area is 139 Å². The first kappa shape index (κ1) is 16.2. The zero-order valence-corrected chi connectivity index (χ0v) is 13.5. The van der Waals surface area contributed by atoms with Gasteiger partial charge in [0, 0.05) is 37.9 Å². The van der Waals surface area contributed by atoms with Crippen molar-refractivity contribution in [2.75, 3.05) is 37.7 Å². The molecule has 1 fully saturated rings. The molecule has 0 N–H and O–H groups in total. The molecule has 1 aliphatic heterocycles. The molecule has 0 spiro atoms. The lowest BCUT2D eigenvalue weighted by Gasteiger charge is -2.35. The summed E-state index contributed by atoms with van der Waals surface area (Å²) in [6, 6.07) is 9.69. The van der Waals surface area contributed by atoms with Crippen LogP contribution in [0.15, 0.2) is 36.4 Å². The van der Waals surface area contributed by atoms with Gasteiger partial charge in [-0.1, -0.05) is 0 Å². The molecule has 0 bridgehead atoms. The lowest BCUT2D eigenvalue weighted by Crippen LogP contribution is -2.49. The Morgan fingerprint density at radius 2 is 1.79 bits per heavy atom. The average molecular weight is 330 g/mol. The molecule has 1 amide bonds. The van der Waals surface area contributed by atoms with E-state index >= 15 is 0 Å². The third-order valence-corrected chi connectivity index (χ3v) is 3.91. The summed E-state index contributed by atoms with van der Waals surface area (Å²) >= 11 is 0. The third kappa shape index (κ3) is 3.61. The largest absolute Gasteiger partial charge is 0.477 e. The summed E-state index contributed by atoms with van der Waals surface area (Å²) in [5.41, 5.74) is 1.28. The van der Waals surface area contributed by atoms with E-state index in [1.54, 1.807) is 29.2 Å². The minimum atomic E-state index is -0.248. The maximum absolute atomic E-state index is 13.0. The molecule has 2 heterocycles. The van der Waals surface area contributed by atoms with Crippen molar-refractivity contribution in [3.63, 3.8) is 0 Å². The fraction of sp³-hybridized carbons (Fsp3) is 0.353. The van der Waals surface area contributed by atoms with Gasteiger partial charge in [-0.2, -0.15) is 0 Å². The molecular formula is C17H19FN4O2. The summed E-state index contributed by atoms with van der Waals surface area (Å²) in [7, 11) is 0. The third-order valence-electron chi connectivity index (χ3n) is 3.91. The molecular weight excluding hydrogens is 311 g/mol. The number of hydrogen-bond donors (Lipinski definition) is 0. The van der Waals surface area contributed by atoms with Gasteiger partial charge < -0.3 is 14.5 Å². The van der Waals surface area contributed by atoms with Gasteiger partial charge in [0.15, 0.2) is 5.69 Å². The first-order chi connectivity index (χ1) is 11.7. The van der Waals surface area contributed by atoms with E-state index in [1.165, 1.54) is 12.1 Å². The fourth-order valence-electron chi connectivity index (χ4n) is 2.64. The molecule has 1 saturated heterocycles. The monoisotopic (exact) mass is 330 g/mol. The van der Waals surface area contributed by atoms with Gasteiger partial charge in [0.05, 0.1) is 6.61 Å². The number of halogens is 1. The van der Waals surface area contributed by atoms with Crippen LogP contribution in [0.4, 0.5) is 10.1 Å². The van der Waals surface area contributed by atoms with E-state index in [0.717, 1.165) is 5.69 Å². The van der Waals surface area contributed by atoms with Gasteiger partial charge in [0.1, 0.15) is 5.82 Å². The van der Waals surface area contributed by atoms with E-state index in [1.807, 2.05) is 6.92 Å². The second-order valence-corrected chi connectivity index (χ2v) is 5.45. The SMILES string of the molecule is CCOc1ccc(C(=O)N2CCN(c3ccc(F)cc3)CC2)nn1. The number of rotatable bonds is 4. The zero-order chi connectivity index (χ0) is 16.9. The van der Waals surface area contributed by atoms with Gasteiger partial charge >= 0.3 is 0 Å². The minimum Gasteiger partial charge on any atom is -0.477 e. The van der Waals surface area contributed by atoms with Gasteiger partial charge in [-0.05, 0) is 37.3 Å². The van der Waals surface area contributed by atoms with Gasteiger partial charge in [-0.15, -0.1) is 10.2 Å². The first-order valence-corrected chi connectivity index (χ1v) is 7.93. The normalized spacial score (nSPS) is 14.6. The van der Waals surface area contributed by atoms with Crippen LogP contribution in [-0.4, -0.2) is 53.8 Å². The maximum Gasteiger partial charge on any atom is 0.274 e. The number of anilines is 1. The fourth-order valence-corrected chi connectivity index (χ4v) is 2.64. The van der Waals surface area contributed by atoms with E-state index in [-0.39, 0.29) is 11.7 Å². The molecule has 1 aliphatic rings. The van der Waals surface area contributed by atoms with Gasteiger partial charge in [-0.25, -0.2) is 4.39 Å². The van der Waals surface area contributed by atoms with Crippen LogP contribution in [0.1, 0.15) is 17.4 Å². The second kappa shape index (κ2) is 7.25. The molecule has 126 valence electrons. The smallest absolute Gasteiger partial charge is 0.274 e. The van der Waals surface area contributed by atoms with Crippen molar-refractivity contribution in [2.24, 2.45) is 0 Å². The maximum atomic E-state index is 13.0. The Bertz CT molecular complexity index is 683. The van der Waals surface area contributed by atoms with Crippen molar-refractivity contribution in [3.05, 3.63) is 47.9 Å². The summed E-state index contributed by atoms with van der Waals surface area (Å²) in [6.45, 7) is 4.94. The van der Waals surface area contributed by atoms with E-state index < -0.39 is 0 Å². The van der Waals surface area contributed by atoms with Gasteiger partial charge in [0.25, 0.3) is 5.91 Å². The van der Waals surface area contributed by atoms with E-state index in [9.17, 15) is 9.18 Å². The van der Waals surface area contributed by atoms with Gasteiger partial charge in [0.2, 0.25) is 5.88 Å². The highest BCUT2D eigenvalue weighted by atomic mass is 19.1. The van der Waals surface area contributed by atoms with Crippen molar-refractivity contribution >= 4 is 11.6 Å². The van der Waals surface area contributed by atoms with Crippen molar-refractivity contribution in [1.82, 2.24) is 15.1 Å². The topological polar surface area (TPSA) is 58.6 Å². The Morgan fingerprint density at radius 1 is 1.08 bits per heavy atom. The lowest BCUT2D eigenvalue weighted by atomic mass is 10.2. The summed E-state index contributed by atoms with van der Waals surface area (Å²) in [4.78, 5) is 16.4. The number of nitrogens with zero attached hydrogens (tertiary/aromatic N) is 4. The molecule has 0 saturated carbocycles. The molecule has 6 nitrogen and oxygen atoms in total. The molecule has 0 radical (unpaired) electrons. The minimum absolute atomic E-state index is 0.135. The van der Waals surface area contributed by atoms with Crippen LogP contribution in [0, 0.1) is 5.82 Å². The molecule has 2 aromatic rings. The van der Waals surface area contributed by atoms with Crippen LogP contribution in [0.5, 0.6) is 5.88 Å². The van der Waals surface area contributed by atoms with E-state index in [0.29, 0.717) is 44.4 Å². The van der Waals surface area contributed by atoms with Crippen LogP contribution in [0.3, 0.4) is 0 Å². The summed E-state index contributed by atoms with van der Waals surface area (Å²) < 4.78 is 18.2. The number of benzene rings is 1. The molecule has 3 rings (SSSR count). The number of amides is 1. The quantitative estimate of drug-likeness (QED) is 0.858. The summed E-state index contributed by atoms with van der Waals surface area (Å²) in [5.74, 6) is 0.0288. The van der Waals surface area contributed by atoms with E-state index in [2.05, 4.69) is 15.1 Å².